The Labute approximate surface area is 167 Å². The molecule has 0 aromatic rings. The first-order chi connectivity index (χ1) is 13.4. The van der Waals surface area contributed by atoms with Gasteiger partial charge in [-0.1, -0.05) is 26.0 Å². The highest BCUT2D eigenvalue weighted by Gasteiger charge is 2.44. The summed E-state index contributed by atoms with van der Waals surface area (Å²) in [6, 6.07) is 0. The summed E-state index contributed by atoms with van der Waals surface area (Å²) in [6.45, 7) is 3.84. The van der Waals surface area contributed by atoms with Crippen molar-refractivity contribution in [1.29, 1.82) is 0 Å². The highest BCUT2D eigenvalue weighted by molar-refractivity contribution is 5.72. The number of carbonyl (C=O) groups excluding carboxylic acids is 2. The van der Waals surface area contributed by atoms with Crippen molar-refractivity contribution >= 4 is 11.9 Å². The van der Waals surface area contributed by atoms with Crippen molar-refractivity contribution < 1.29 is 29.3 Å². The van der Waals surface area contributed by atoms with Crippen LogP contribution in [0, 0.1) is 23.7 Å². The van der Waals surface area contributed by atoms with Crippen molar-refractivity contribution in [3.8, 4) is 0 Å². The number of aliphatic hydroxyl groups excluding tert-OH is 2. The molecular weight excluding hydrogens is 360 g/mol. The highest BCUT2D eigenvalue weighted by Crippen LogP contribution is 2.44. The van der Waals surface area contributed by atoms with Crippen LogP contribution >= 0.6 is 0 Å². The summed E-state index contributed by atoms with van der Waals surface area (Å²) in [5.41, 5.74) is 0. The Hall–Kier alpha value is -1.40. The average molecular weight is 395 g/mol. The summed E-state index contributed by atoms with van der Waals surface area (Å²) in [7, 11) is 0. The zero-order chi connectivity index (χ0) is 20.3. The molecule has 0 spiro atoms. The van der Waals surface area contributed by atoms with Gasteiger partial charge >= 0.3 is 11.9 Å². The van der Waals surface area contributed by atoms with E-state index in [1.165, 1.54) is 0 Å². The van der Waals surface area contributed by atoms with Crippen molar-refractivity contribution in [1.82, 2.24) is 0 Å². The van der Waals surface area contributed by atoms with Gasteiger partial charge in [0.25, 0.3) is 0 Å². The van der Waals surface area contributed by atoms with Gasteiger partial charge in [0.15, 0.2) is 0 Å². The lowest BCUT2D eigenvalue weighted by atomic mass is 9.65. The van der Waals surface area contributed by atoms with Crippen LogP contribution in [-0.4, -0.2) is 46.6 Å². The predicted molar refractivity (Wildman–Crippen MR) is 103 cm³/mol. The Bertz CT molecular complexity index is 588. The van der Waals surface area contributed by atoms with Gasteiger partial charge in [0.05, 0.1) is 24.5 Å². The third-order valence-corrected chi connectivity index (χ3v) is 6.72. The highest BCUT2D eigenvalue weighted by atomic mass is 16.6. The third-order valence-electron chi connectivity index (χ3n) is 6.72. The van der Waals surface area contributed by atoms with Gasteiger partial charge in [-0.05, 0) is 43.9 Å². The van der Waals surface area contributed by atoms with Crippen molar-refractivity contribution in [3.05, 3.63) is 12.2 Å². The van der Waals surface area contributed by atoms with Crippen LogP contribution in [0.15, 0.2) is 12.2 Å². The van der Waals surface area contributed by atoms with E-state index in [2.05, 4.69) is 12.2 Å². The standard InChI is InChI=1S/C22H34O6/c1-3-13(2)22(26)28-19-11-16(23)9-15-6-4-5-14(21(15)19)7-8-18-10-17(24)12-20(25)27-18/h4,6,13-19,21,23-24H,3,5,7-12H2,1-2H3. The van der Waals surface area contributed by atoms with E-state index in [0.717, 1.165) is 19.3 Å². The van der Waals surface area contributed by atoms with Crippen molar-refractivity contribution in [2.75, 3.05) is 0 Å². The Morgan fingerprint density at radius 1 is 1.25 bits per heavy atom. The maximum atomic E-state index is 12.4. The summed E-state index contributed by atoms with van der Waals surface area (Å²) in [6.07, 6.45) is 7.72. The molecule has 2 aliphatic carbocycles. The van der Waals surface area contributed by atoms with Gasteiger partial charge in [0, 0.05) is 18.8 Å². The van der Waals surface area contributed by atoms with Crippen LogP contribution < -0.4 is 0 Å². The molecule has 158 valence electrons. The summed E-state index contributed by atoms with van der Waals surface area (Å²) in [5, 5.41) is 20.1. The first-order valence-electron chi connectivity index (χ1n) is 10.8. The van der Waals surface area contributed by atoms with E-state index in [1.54, 1.807) is 0 Å². The van der Waals surface area contributed by atoms with Crippen LogP contribution in [0.2, 0.25) is 0 Å². The summed E-state index contributed by atoms with van der Waals surface area (Å²) in [4.78, 5) is 24.0. The molecular formula is C22H34O6. The minimum Gasteiger partial charge on any atom is -0.462 e. The number of ether oxygens (including phenoxy) is 2. The second kappa shape index (κ2) is 9.40. The monoisotopic (exact) mass is 394 g/mol. The number of aliphatic hydroxyl groups is 2. The molecule has 0 bridgehead atoms. The number of cyclic esters (lactones) is 1. The van der Waals surface area contributed by atoms with E-state index >= 15 is 0 Å². The fourth-order valence-corrected chi connectivity index (χ4v) is 5.02. The molecule has 0 aromatic heterocycles. The van der Waals surface area contributed by atoms with E-state index in [-0.39, 0.29) is 48.3 Å². The molecule has 6 nitrogen and oxygen atoms in total. The van der Waals surface area contributed by atoms with Gasteiger partial charge in [-0.25, -0.2) is 0 Å². The average Bonchev–Trinajstić information content (AvgIpc) is 2.64. The number of hydrogen-bond acceptors (Lipinski definition) is 6. The number of fused-ring (bicyclic) bond motifs is 1. The van der Waals surface area contributed by atoms with Crippen LogP contribution in [0.4, 0.5) is 0 Å². The zero-order valence-electron chi connectivity index (χ0n) is 17.0. The van der Waals surface area contributed by atoms with Crippen molar-refractivity contribution in [2.24, 2.45) is 23.7 Å². The lowest BCUT2D eigenvalue weighted by molar-refractivity contribution is -0.166. The molecule has 3 rings (SSSR count). The number of rotatable bonds is 6. The minimum atomic E-state index is -0.612. The molecule has 0 radical (unpaired) electrons. The van der Waals surface area contributed by atoms with Crippen LogP contribution in [-0.2, 0) is 19.1 Å². The van der Waals surface area contributed by atoms with E-state index in [4.69, 9.17) is 9.47 Å². The molecule has 3 aliphatic rings. The van der Waals surface area contributed by atoms with Crippen LogP contribution in [0.1, 0.15) is 65.2 Å². The van der Waals surface area contributed by atoms with Gasteiger partial charge in [-0.2, -0.15) is 0 Å². The third kappa shape index (κ3) is 5.15. The van der Waals surface area contributed by atoms with Crippen molar-refractivity contribution in [2.45, 2.75) is 89.6 Å². The quantitative estimate of drug-likeness (QED) is 0.532. The molecule has 6 heteroatoms. The molecule has 1 aliphatic heterocycles. The Balaban J connectivity index is 1.66. The van der Waals surface area contributed by atoms with Gasteiger partial charge in [-0.15, -0.1) is 0 Å². The van der Waals surface area contributed by atoms with E-state index in [1.807, 2.05) is 13.8 Å². The largest absolute Gasteiger partial charge is 0.462 e. The van der Waals surface area contributed by atoms with Crippen LogP contribution in [0.3, 0.4) is 0 Å². The molecule has 1 saturated carbocycles. The molecule has 1 saturated heterocycles. The molecule has 1 heterocycles. The number of hydrogen-bond donors (Lipinski definition) is 2. The van der Waals surface area contributed by atoms with Gasteiger partial charge in [0.2, 0.25) is 0 Å². The van der Waals surface area contributed by atoms with Crippen molar-refractivity contribution in [3.63, 3.8) is 0 Å². The van der Waals surface area contributed by atoms with E-state index in [9.17, 15) is 19.8 Å². The summed E-state index contributed by atoms with van der Waals surface area (Å²) >= 11 is 0. The lowest BCUT2D eigenvalue weighted by Gasteiger charge is -2.45. The Morgan fingerprint density at radius 2 is 2.04 bits per heavy atom. The lowest BCUT2D eigenvalue weighted by Crippen LogP contribution is -2.46. The Morgan fingerprint density at radius 3 is 2.75 bits per heavy atom. The summed E-state index contributed by atoms with van der Waals surface area (Å²) in [5.74, 6) is 0.0555. The molecule has 2 fully saturated rings. The second-order valence-corrected chi connectivity index (χ2v) is 8.86. The minimum absolute atomic E-state index is 0.0822. The molecule has 0 aromatic carbocycles. The molecule has 28 heavy (non-hydrogen) atoms. The van der Waals surface area contributed by atoms with E-state index < -0.39 is 12.2 Å². The molecule has 0 amide bonds. The van der Waals surface area contributed by atoms with Gasteiger partial charge in [-0.3, -0.25) is 9.59 Å². The second-order valence-electron chi connectivity index (χ2n) is 8.86. The molecule has 8 unspecified atom stereocenters. The number of carbonyl (C=O) groups is 2. The Kier molecular flexibility index (Phi) is 7.15. The SMILES string of the molecule is CCC(C)C(=O)OC1CC(O)CC2C=CCC(CCC3CC(O)CC(=O)O3)C21. The first kappa shape index (κ1) is 21.3. The fraction of sp³-hybridized carbons (Fsp3) is 0.818. The number of allylic oxidation sites excluding steroid dienone is 2. The summed E-state index contributed by atoms with van der Waals surface area (Å²) < 4.78 is 11.3. The molecule has 8 atom stereocenters. The van der Waals surface area contributed by atoms with Gasteiger partial charge < -0.3 is 19.7 Å². The maximum absolute atomic E-state index is 12.4. The smallest absolute Gasteiger partial charge is 0.308 e. The maximum Gasteiger partial charge on any atom is 0.308 e. The predicted octanol–water partition coefficient (Wildman–Crippen LogP) is 2.75. The number of esters is 2. The molecule has 2 N–H and O–H groups in total. The first-order valence-corrected chi connectivity index (χ1v) is 10.8. The van der Waals surface area contributed by atoms with Crippen LogP contribution in [0.5, 0.6) is 0 Å². The van der Waals surface area contributed by atoms with E-state index in [0.29, 0.717) is 31.6 Å². The fourth-order valence-electron chi connectivity index (χ4n) is 5.02. The zero-order valence-corrected chi connectivity index (χ0v) is 17.0. The normalized spacial score (nSPS) is 39.0. The topological polar surface area (TPSA) is 93.1 Å². The van der Waals surface area contributed by atoms with Crippen LogP contribution in [0.25, 0.3) is 0 Å². The van der Waals surface area contributed by atoms with Gasteiger partial charge in [0.1, 0.15) is 12.2 Å².